The largest absolute Gasteiger partial charge is 1.00 e. The second-order valence-corrected chi connectivity index (χ2v) is 12.3. The van der Waals surface area contributed by atoms with Gasteiger partial charge in [0.25, 0.3) is 0 Å². The van der Waals surface area contributed by atoms with Gasteiger partial charge in [-0.3, -0.25) is 0 Å². The Morgan fingerprint density at radius 1 is 0.432 bits per heavy atom. The van der Waals surface area contributed by atoms with Crippen LogP contribution in [0.4, 0.5) is 22.7 Å². The summed E-state index contributed by atoms with van der Waals surface area (Å²) in [6, 6.07) is 34.0. The Morgan fingerprint density at radius 3 is 1.14 bits per heavy atom. The molecule has 12 heteroatoms. The minimum Gasteiger partial charge on any atom is -0.744 e. The number of benzene rings is 6. The molecular weight excluding hydrogens is 651 g/mol. The second kappa shape index (κ2) is 14.5. The minimum atomic E-state index is -4.87. The van der Waals surface area contributed by atoms with Crippen molar-refractivity contribution in [1.29, 1.82) is 0 Å². The molecule has 0 unspecified atom stereocenters. The number of anilines is 4. The average molecular weight is 673 g/mol. The zero-order valence-electron chi connectivity index (χ0n) is 23.8. The molecule has 8 nitrogen and oxygen atoms in total. The van der Waals surface area contributed by atoms with Crippen LogP contribution >= 0.6 is 0 Å². The van der Waals surface area contributed by atoms with Crippen molar-refractivity contribution in [3.05, 3.63) is 121 Å². The second-order valence-electron chi connectivity index (χ2n) is 9.57. The van der Waals surface area contributed by atoms with Crippen molar-refractivity contribution in [3.63, 3.8) is 0 Å². The van der Waals surface area contributed by atoms with Gasteiger partial charge in [0, 0.05) is 33.5 Å². The van der Waals surface area contributed by atoms with E-state index in [0.717, 1.165) is 0 Å². The molecule has 210 valence electrons. The first-order chi connectivity index (χ1) is 20.1. The third-order valence-corrected chi connectivity index (χ3v) is 8.70. The Morgan fingerprint density at radius 2 is 0.795 bits per heavy atom. The van der Waals surface area contributed by atoms with E-state index in [1.54, 1.807) is 36.4 Å². The third kappa shape index (κ3) is 7.40. The zero-order valence-corrected chi connectivity index (χ0v) is 31.7. The van der Waals surface area contributed by atoms with Gasteiger partial charge in [-0.15, -0.1) is 0 Å². The van der Waals surface area contributed by atoms with Gasteiger partial charge in [0.1, 0.15) is 20.2 Å². The van der Waals surface area contributed by atoms with Crippen LogP contribution in [0.5, 0.6) is 0 Å². The first-order valence-corrected chi connectivity index (χ1v) is 15.6. The van der Waals surface area contributed by atoms with E-state index >= 15 is 0 Å². The maximum Gasteiger partial charge on any atom is 1.00 e. The number of para-hydroxylation sites is 2. The van der Waals surface area contributed by atoms with Crippen LogP contribution in [0.1, 0.15) is 0 Å². The Balaban J connectivity index is 0.00000221. The Kier molecular flexibility index (Phi) is 11.7. The molecule has 6 aromatic rings. The molecule has 0 bridgehead atoms. The molecule has 0 radical (unpaired) electrons. The number of hydrogen-bond donors (Lipinski definition) is 2. The number of fused-ring (bicyclic) bond motifs is 2. The molecular formula is C32H22K2N2O6S2. The van der Waals surface area contributed by atoms with E-state index in [9.17, 15) is 25.9 Å². The van der Waals surface area contributed by atoms with Gasteiger partial charge in [0.05, 0.1) is 9.79 Å². The van der Waals surface area contributed by atoms with Crippen LogP contribution in [0.25, 0.3) is 32.7 Å². The third-order valence-electron chi connectivity index (χ3n) is 6.94. The van der Waals surface area contributed by atoms with Crippen LogP contribution in [-0.4, -0.2) is 25.9 Å². The smallest absolute Gasteiger partial charge is 0.744 e. The molecule has 6 rings (SSSR count). The number of rotatable bonds is 7. The average Bonchev–Trinajstić information content (AvgIpc) is 2.97. The van der Waals surface area contributed by atoms with Crippen LogP contribution in [0, 0.1) is 0 Å². The van der Waals surface area contributed by atoms with Gasteiger partial charge in [-0.1, -0.05) is 72.8 Å². The molecule has 0 heterocycles. The van der Waals surface area contributed by atoms with Crippen LogP contribution in [0.3, 0.4) is 0 Å². The Bertz CT molecular complexity index is 2040. The first kappa shape index (κ1) is 35.4. The maximum atomic E-state index is 12.4. The number of nitrogens with one attached hydrogen (secondary N) is 2. The van der Waals surface area contributed by atoms with E-state index in [4.69, 9.17) is 0 Å². The van der Waals surface area contributed by atoms with Crippen LogP contribution < -0.4 is 113 Å². The normalized spacial score (nSPS) is 11.4. The number of hydrogen-bond acceptors (Lipinski definition) is 8. The summed E-state index contributed by atoms with van der Waals surface area (Å²) in [4.78, 5) is -0.787. The monoisotopic (exact) mass is 672 g/mol. The van der Waals surface area contributed by atoms with Crippen molar-refractivity contribution in [2.75, 3.05) is 10.6 Å². The molecule has 0 aliphatic heterocycles. The van der Waals surface area contributed by atoms with Crippen LogP contribution in [0.15, 0.2) is 131 Å². The summed E-state index contributed by atoms with van der Waals surface area (Å²) in [5.41, 5.74) is 3.29. The predicted octanol–water partition coefficient (Wildman–Crippen LogP) is 0.963. The van der Waals surface area contributed by atoms with Gasteiger partial charge < -0.3 is 19.7 Å². The molecule has 0 amide bonds. The van der Waals surface area contributed by atoms with E-state index in [-0.39, 0.29) is 114 Å². The van der Waals surface area contributed by atoms with Gasteiger partial charge >= 0.3 is 103 Å². The summed E-state index contributed by atoms with van der Waals surface area (Å²) in [6.45, 7) is 0. The van der Waals surface area contributed by atoms with Crippen LogP contribution in [-0.2, 0) is 20.2 Å². The molecule has 6 aromatic carbocycles. The Labute approximate surface area is 340 Å². The fourth-order valence-electron chi connectivity index (χ4n) is 5.20. The van der Waals surface area contributed by atoms with Gasteiger partial charge in [-0.05, 0) is 70.4 Å². The van der Waals surface area contributed by atoms with Gasteiger partial charge in [0.2, 0.25) is 0 Å². The molecule has 0 aliphatic carbocycles. The summed E-state index contributed by atoms with van der Waals surface area (Å²) < 4.78 is 74.4. The van der Waals surface area contributed by atoms with Crippen LogP contribution in [0.2, 0.25) is 0 Å². The van der Waals surface area contributed by atoms with Crippen molar-refractivity contribution < 1.29 is 129 Å². The molecule has 44 heavy (non-hydrogen) atoms. The quantitative estimate of drug-likeness (QED) is 0.189. The summed E-state index contributed by atoms with van der Waals surface area (Å²) in [5.74, 6) is 0. The van der Waals surface area contributed by atoms with E-state index in [1.807, 2.05) is 60.7 Å². The van der Waals surface area contributed by atoms with E-state index in [2.05, 4.69) is 10.6 Å². The predicted molar refractivity (Wildman–Crippen MR) is 162 cm³/mol. The Hall–Kier alpha value is -1.47. The van der Waals surface area contributed by atoms with Crippen molar-refractivity contribution in [2.24, 2.45) is 0 Å². The molecule has 0 atom stereocenters. The fourth-order valence-corrected chi connectivity index (χ4v) is 6.63. The first-order valence-electron chi connectivity index (χ1n) is 12.8. The van der Waals surface area contributed by atoms with Gasteiger partial charge in [0.15, 0.2) is 0 Å². The molecule has 0 saturated heterocycles. The molecule has 2 N–H and O–H groups in total. The summed E-state index contributed by atoms with van der Waals surface area (Å²) in [6.07, 6.45) is 0. The molecule has 0 aliphatic rings. The summed E-state index contributed by atoms with van der Waals surface area (Å²) in [5, 5.41) is 7.71. The zero-order chi connectivity index (χ0) is 29.5. The van der Waals surface area contributed by atoms with Crippen molar-refractivity contribution in [1.82, 2.24) is 0 Å². The molecule has 0 spiro atoms. The minimum absolute atomic E-state index is 0. The summed E-state index contributed by atoms with van der Waals surface area (Å²) >= 11 is 0. The topological polar surface area (TPSA) is 138 Å². The van der Waals surface area contributed by atoms with E-state index in [0.29, 0.717) is 44.6 Å². The maximum absolute atomic E-state index is 12.4. The molecule has 0 aromatic heterocycles. The SMILES string of the molecule is O=S(=O)([O-])c1cccc2c(-c3ccc(Nc4ccccc4)c4c(S(=O)(=O)[O-])cccc34)ccc(Nc3ccccc3)c12.[K+].[K+]. The van der Waals surface area contributed by atoms with Gasteiger partial charge in [-0.2, -0.15) is 0 Å². The standard InChI is InChI=1S/C32H24N2O6S2.2K/c35-41(36,37)29-15-7-13-25-23(17-19-27(31(25)29)33-21-9-3-1-4-10-21)24-18-20-28(34-22-11-5-2-6-12-22)32-26(24)14-8-16-30(32)42(38,39)40;;/h1-20,33-34H,(H,35,36,37)(H,38,39,40);;/q;2*+1/p-2. The van der Waals surface area contributed by atoms with Crippen molar-refractivity contribution in [3.8, 4) is 11.1 Å². The fraction of sp³-hybridized carbons (Fsp3) is 0. The van der Waals surface area contributed by atoms with Crippen molar-refractivity contribution in [2.45, 2.75) is 9.79 Å². The molecule has 0 saturated carbocycles. The van der Waals surface area contributed by atoms with E-state index < -0.39 is 30.0 Å². The molecule has 0 fully saturated rings. The van der Waals surface area contributed by atoms with E-state index in [1.165, 1.54) is 24.3 Å². The van der Waals surface area contributed by atoms with Gasteiger partial charge in [-0.25, -0.2) is 16.8 Å². The van der Waals surface area contributed by atoms with Crippen molar-refractivity contribution >= 4 is 64.5 Å². The summed E-state index contributed by atoms with van der Waals surface area (Å²) in [7, 11) is -9.75.